The number of fused-ring (bicyclic) bond motifs is 3. The third-order valence-corrected chi connectivity index (χ3v) is 3.07. The number of hydrogen-bond acceptors (Lipinski definition) is 3. The van der Waals surface area contributed by atoms with Crippen LogP contribution in [0.4, 0.5) is 0 Å². The van der Waals surface area contributed by atoms with E-state index in [1.54, 1.807) is 0 Å². The lowest BCUT2D eigenvalue weighted by atomic mass is 10.0. The van der Waals surface area contributed by atoms with Crippen LogP contribution in [0.2, 0.25) is 0 Å². The van der Waals surface area contributed by atoms with Crippen LogP contribution in [-0.4, -0.2) is 11.6 Å². The van der Waals surface area contributed by atoms with E-state index >= 15 is 0 Å². The largest absolute Gasteiger partial charge is 0.372 e. The molecule has 2 aliphatic rings. The van der Waals surface area contributed by atoms with Gasteiger partial charge in [0.05, 0.1) is 30.9 Å². The number of nitrogens with zero attached hydrogens (tertiary/aromatic N) is 2. The van der Waals surface area contributed by atoms with E-state index in [2.05, 4.69) is 28.4 Å². The van der Waals surface area contributed by atoms with Gasteiger partial charge in [-0.05, 0) is 5.56 Å². The molecule has 1 aromatic rings. The Labute approximate surface area is 88.6 Å². The molecule has 0 bridgehead atoms. The number of benzene rings is 1. The first-order chi connectivity index (χ1) is 7.42. The van der Waals surface area contributed by atoms with E-state index in [0.717, 1.165) is 6.67 Å². The van der Waals surface area contributed by atoms with Crippen molar-refractivity contribution in [1.29, 1.82) is 5.26 Å². The predicted octanol–water partition coefficient (Wildman–Crippen LogP) is 1.82. The average Bonchev–Trinajstić information content (AvgIpc) is 2.82. The summed E-state index contributed by atoms with van der Waals surface area (Å²) < 4.78 is 0. The minimum atomic E-state index is 0.229. The van der Waals surface area contributed by atoms with Crippen molar-refractivity contribution in [2.24, 2.45) is 0 Å². The highest BCUT2D eigenvalue weighted by Crippen LogP contribution is 2.43. The van der Waals surface area contributed by atoms with Gasteiger partial charge in [0.25, 0.3) is 0 Å². The molecule has 0 radical (unpaired) electrons. The smallest absolute Gasteiger partial charge is 0.0879 e. The lowest BCUT2D eigenvalue weighted by Gasteiger charge is -2.21. The van der Waals surface area contributed by atoms with Gasteiger partial charge in [-0.1, -0.05) is 24.3 Å². The van der Waals surface area contributed by atoms with Crippen LogP contribution in [0.25, 0.3) is 5.70 Å². The van der Waals surface area contributed by atoms with Crippen molar-refractivity contribution < 1.29 is 0 Å². The maximum atomic E-state index is 8.86. The van der Waals surface area contributed by atoms with E-state index < -0.39 is 0 Å². The molecule has 0 aromatic heterocycles. The van der Waals surface area contributed by atoms with Gasteiger partial charge >= 0.3 is 0 Å². The van der Waals surface area contributed by atoms with Gasteiger partial charge in [0, 0.05) is 11.8 Å². The summed E-state index contributed by atoms with van der Waals surface area (Å²) >= 11 is 0. The summed E-state index contributed by atoms with van der Waals surface area (Å²) in [5, 5.41) is 12.1. The van der Waals surface area contributed by atoms with Gasteiger partial charge in [-0.2, -0.15) is 5.26 Å². The van der Waals surface area contributed by atoms with E-state index in [9.17, 15) is 0 Å². The Hall–Kier alpha value is -1.95. The Morgan fingerprint density at radius 3 is 3.20 bits per heavy atom. The molecule has 3 nitrogen and oxygen atoms in total. The second kappa shape index (κ2) is 3.03. The molecule has 1 aromatic carbocycles. The molecule has 1 unspecified atom stereocenters. The Morgan fingerprint density at radius 2 is 2.33 bits per heavy atom. The SMILES string of the molecule is N#CCC1c2ccccc2C2=CNCN21. The van der Waals surface area contributed by atoms with Gasteiger partial charge < -0.3 is 10.2 Å². The van der Waals surface area contributed by atoms with E-state index in [1.165, 1.54) is 16.8 Å². The Balaban J connectivity index is 2.13. The molecule has 2 heterocycles. The van der Waals surface area contributed by atoms with Crippen molar-refractivity contribution in [3.05, 3.63) is 41.6 Å². The third-order valence-electron chi connectivity index (χ3n) is 3.07. The average molecular weight is 197 g/mol. The topological polar surface area (TPSA) is 39.1 Å². The Morgan fingerprint density at radius 1 is 1.47 bits per heavy atom. The molecule has 0 amide bonds. The summed E-state index contributed by atoms with van der Waals surface area (Å²) in [6.45, 7) is 0.816. The van der Waals surface area contributed by atoms with Crippen LogP contribution >= 0.6 is 0 Å². The second-order valence-corrected chi connectivity index (χ2v) is 3.83. The van der Waals surface area contributed by atoms with Crippen molar-refractivity contribution in [3.8, 4) is 6.07 Å². The maximum Gasteiger partial charge on any atom is 0.0879 e. The predicted molar refractivity (Wildman–Crippen MR) is 57.2 cm³/mol. The number of hydrogen-bond donors (Lipinski definition) is 1. The number of nitrogens with one attached hydrogen (secondary N) is 1. The van der Waals surface area contributed by atoms with E-state index in [0.29, 0.717) is 6.42 Å². The van der Waals surface area contributed by atoms with Crippen molar-refractivity contribution in [1.82, 2.24) is 10.2 Å². The molecule has 0 fully saturated rings. The van der Waals surface area contributed by atoms with Crippen molar-refractivity contribution >= 4 is 5.70 Å². The van der Waals surface area contributed by atoms with Crippen LogP contribution in [0.1, 0.15) is 23.6 Å². The first-order valence-corrected chi connectivity index (χ1v) is 5.08. The molecule has 3 heteroatoms. The molecule has 15 heavy (non-hydrogen) atoms. The molecular weight excluding hydrogens is 186 g/mol. The molecule has 0 aliphatic carbocycles. The highest BCUT2D eigenvalue weighted by molar-refractivity contribution is 5.73. The molecule has 1 atom stereocenters. The zero-order chi connectivity index (χ0) is 10.3. The third kappa shape index (κ3) is 1.05. The number of nitriles is 1. The molecule has 1 N–H and O–H groups in total. The van der Waals surface area contributed by atoms with Crippen molar-refractivity contribution in [3.63, 3.8) is 0 Å². The van der Waals surface area contributed by atoms with Gasteiger partial charge in [-0.25, -0.2) is 0 Å². The van der Waals surface area contributed by atoms with Crippen molar-refractivity contribution in [2.75, 3.05) is 6.67 Å². The fourth-order valence-electron chi connectivity index (χ4n) is 2.41. The van der Waals surface area contributed by atoms with Gasteiger partial charge in [0.2, 0.25) is 0 Å². The van der Waals surface area contributed by atoms with Gasteiger partial charge in [0.1, 0.15) is 0 Å². The lowest BCUT2D eigenvalue weighted by Crippen LogP contribution is -2.23. The van der Waals surface area contributed by atoms with E-state index in [-0.39, 0.29) is 6.04 Å². The molecule has 2 aliphatic heterocycles. The summed E-state index contributed by atoms with van der Waals surface area (Å²) in [5.41, 5.74) is 3.78. The quantitative estimate of drug-likeness (QED) is 0.746. The zero-order valence-electron chi connectivity index (χ0n) is 8.27. The molecule has 74 valence electrons. The lowest BCUT2D eigenvalue weighted by molar-refractivity contribution is 0.328. The Kier molecular flexibility index (Phi) is 1.69. The van der Waals surface area contributed by atoms with Crippen LogP contribution < -0.4 is 5.32 Å². The minimum Gasteiger partial charge on any atom is -0.372 e. The summed E-state index contributed by atoms with van der Waals surface area (Å²) in [5.74, 6) is 0. The first-order valence-electron chi connectivity index (χ1n) is 5.08. The highest BCUT2D eigenvalue weighted by atomic mass is 15.3. The van der Waals surface area contributed by atoms with Crippen LogP contribution in [0.3, 0.4) is 0 Å². The van der Waals surface area contributed by atoms with Crippen LogP contribution in [0.5, 0.6) is 0 Å². The van der Waals surface area contributed by atoms with E-state index in [4.69, 9.17) is 5.26 Å². The summed E-state index contributed by atoms with van der Waals surface area (Å²) in [4.78, 5) is 2.26. The van der Waals surface area contributed by atoms with E-state index in [1.807, 2.05) is 18.3 Å². The van der Waals surface area contributed by atoms with Crippen molar-refractivity contribution in [2.45, 2.75) is 12.5 Å². The zero-order valence-corrected chi connectivity index (χ0v) is 8.27. The molecular formula is C12H11N3. The molecule has 0 saturated heterocycles. The molecule has 0 spiro atoms. The Bertz CT molecular complexity index is 470. The normalized spacial score (nSPS) is 21.4. The van der Waals surface area contributed by atoms with Gasteiger partial charge in [-0.15, -0.1) is 0 Å². The maximum absolute atomic E-state index is 8.86. The molecule has 0 saturated carbocycles. The standard InChI is InChI=1S/C12H11N3/c13-6-5-11-9-3-1-2-4-10(9)12-7-14-8-15(11)12/h1-4,7,11,14H,5,8H2. The van der Waals surface area contributed by atoms with Gasteiger partial charge in [-0.3, -0.25) is 0 Å². The van der Waals surface area contributed by atoms with Gasteiger partial charge in [0.15, 0.2) is 0 Å². The monoisotopic (exact) mass is 197 g/mol. The fourth-order valence-corrected chi connectivity index (χ4v) is 2.41. The van der Waals surface area contributed by atoms with Crippen LogP contribution in [0, 0.1) is 11.3 Å². The number of rotatable bonds is 1. The van der Waals surface area contributed by atoms with Crippen LogP contribution in [0.15, 0.2) is 30.5 Å². The molecule has 3 rings (SSSR count). The highest BCUT2D eigenvalue weighted by Gasteiger charge is 2.34. The minimum absolute atomic E-state index is 0.229. The fraction of sp³-hybridized carbons (Fsp3) is 0.250. The summed E-state index contributed by atoms with van der Waals surface area (Å²) in [6, 6.07) is 10.8. The first kappa shape index (κ1) is 8.37. The second-order valence-electron chi connectivity index (χ2n) is 3.83. The summed E-state index contributed by atoms with van der Waals surface area (Å²) in [7, 11) is 0. The van der Waals surface area contributed by atoms with Crippen LogP contribution in [-0.2, 0) is 0 Å². The summed E-state index contributed by atoms with van der Waals surface area (Å²) in [6.07, 6.45) is 2.59.